The number of hydrogen-bond donors (Lipinski definition) is 2. The lowest BCUT2D eigenvalue weighted by Crippen LogP contribution is -2.32. The molecule has 0 saturated carbocycles. The third kappa shape index (κ3) is 7.71. The highest BCUT2D eigenvalue weighted by atomic mass is 28.3. The summed E-state index contributed by atoms with van der Waals surface area (Å²) in [5.74, 6) is 0. The molecule has 0 saturated heterocycles. The van der Waals surface area contributed by atoms with Crippen LogP contribution in [0.4, 0.5) is 11.4 Å². The molecule has 4 heteroatoms. The lowest BCUT2D eigenvalue weighted by Gasteiger charge is -2.31. The van der Waals surface area contributed by atoms with Crippen molar-refractivity contribution < 1.29 is 0 Å². The van der Waals surface area contributed by atoms with E-state index >= 15 is 0 Å². The molecule has 0 spiro atoms. The maximum Gasteiger partial charge on any atom is 0.144 e. The molecule has 0 aliphatic carbocycles. The van der Waals surface area contributed by atoms with E-state index in [1.807, 2.05) is 0 Å². The summed E-state index contributed by atoms with van der Waals surface area (Å²) in [6.45, 7) is 28.0. The minimum absolute atomic E-state index is 0.0884. The van der Waals surface area contributed by atoms with Gasteiger partial charge in [-0.2, -0.15) is 0 Å². The Kier molecular flexibility index (Phi) is 8.99. The number of benzene rings is 4. The second-order valence-electron chi connectivity index (χ2n) is 15.9. The van der Waals surface area contributed by atoms with Crippen molar-refractivity contribution in [2.45, 2.75) is 97.1 Å². The lowest BCUT2D eigenvalue weighted by molar-refractivity contribution is 0.621. The van der Waals surface area contributed by atoms with Crippen LogP contribution in [-0.4, -0.2) is 16.5 Å². The molecular formula is C39H54N2Si2. The fourth-order valence-corrected chi connectivity index (χ4v) is 7.99. The first-order valence-corrected chi connectivity index (χ1v) is 22.8. The smallest absolute Gasteiger partial charge is 0.144 e. The third-order valence-electron chi connectivity index (χ3n) is 8.86. The molecule has 0 radical (unpaired) electrons. The Morgan fingerprint density at radius 1 is 0.372 bits per heavy atom. The van der Waals surface area contributed by atoms with Gasteiger partial charge < -0.3 is 9.96 Å². The lowest BCUT2D eigenvalue weighted by atomic mass is 9.73. The molecule has 0 amide bonds. The van der Waals surface area contributed by atoms with E-state index in [0.29, 0.717) is 0 Å². The summed E-state index contributed by atoms with van der Waals surface area (Å²) < 4.78 is 0. The van der Waals surface area contributed by atoms with Crippen molar-refractivity contribution in [2.75, 3.05) is 9.96 Å². The molecule has 4 aromatic rings. The first-order chi connectivity index (χ1) is 19.8. The maximum absolute atomic E-state index is 3.76. The van der Waals surface area contributed by atoms with E-state index in [1.54, 1.807) is 0 Å². The largest absolute Gasteiger partial charge is 0.411 e. The zero-order valence-electron chi connectivity index (χ0n) is 28.7. The van der Waals surface area contributed by atoms with Gasteiger partial charge >= 0.3 is 0 Å². The van der Waals surface area contributed by atoms with Crippen molar-refractivity contribution in [2.24, 2.45) is 0 Å². The van der Waals surface area contributed by atoms with Crippen LogP contribution in [0, 0.1) is 0 Å². The quantitative estimate of drug-likeness (QED) is 0.175. The monoisotopic (exact) mass is 606 g/mol. The molecule has 0 bridgehead atoms. The van der Waals surface area contributed by atoms with Crippen LogP contribution in [0.1, 0.15) is 74.9 Å². The molecule has 0 aliphatic rings. The van der Waals surface area contributed by atoms with Crippen molar-refractivity contribution in [3.05, 3.63) is 130 Å². The summed E-state index contributed by atoms with van der Waals surface area (Å²) in [4.78, 5) is 7.52. The minimum Gasteiger partial charge on any atom is -0.411 e. The van der Waals surface area contributed by atoms with Crippen molar-refractivity contribution >= 4 is 27.8 Å². The fourth-order valence-electron chi connectivity index (χ4n) is 5.94. The Bertz CT molecular complexity index is 1420. The molecule has 2 N–H and O–H groups in total. The van der Waals surface area contributed by atoms with Crippen LogP contribution in [0.25, 0.3) is 0 Å². The topological polar surface area (TPSA) is 24.1 Å². The van der Waals surface area contributed by atoms with E-state index in [9.17, 15) is 0 Å². The van der Waals surface area contributed by atoms with Crippen LogP contribution in [-0.2, 0) is 16.2 Å². The Hall–Kier alpha value is -3.09. The second-order valence-corrected chi connectivity index (χ2v) is 25.4. The number of rotatable bonds is 10. The van der Waals surface area contributed by atoms with Crippen LogP contribution in [0.2, 0.25) is 39.3 Å². The Labute approximate surface area is 264 Å². The van der Waals surface area contributed by atoms with Crippen molar-refractivity contribution in [1.82, 2.24) is 0 Å². The molecule has 43 heavy (non-hydrogen) atoms. The minimum atomic E-state index is -1.41. The van der Waals surface area contributed by atoms with Gasteiger partial charge in [0.15, 0.2) is 0 Å². The third-order valence-corrected chi connectivity index (χ3v) is 10.9. The standard InChI is InChI=1S/C39H54N2Si2/c1-37(2,29-19-23-31(24-20-29)38(3,4)33-15-13-17-35(27-33)40-42(7,8)9)30-21-25-32(26-22-30)39(5,6)34-16-14-18-36(28-34)41-43(10,11)12/h13-28,40-41H,1-12H3. The van der Waals surface area contributed by atoms with Gasteiger partial charge in [0.25, 0.3) is 0 Å². The van der Waals surface area contributed by atoms with Gasteiger partial charge in [-0.15, -0.1) is 0 Å². The number of nitrogens with one attached hydrogen (secondary N) is 2. The summed E-state index contributed by atoms with van der Waals surface area (Å²) in [6, 6.07) is 36.6. The van der Waals surface area contributed by atoms with E-state index in [-0.39, 0.29) is 16.2 Å². The molecule has 0 aromatic heterocycles. The summed E-state index contributed by atoms with van der Waals surface area (Å²) in [6.07, 6.45) is 0. The zero-order chi connectivity index (χ0) is 31.8. The molecule has 0 fully saturated rings. The second kappa shape index (κ2) is 11.8. The molecule has 0 aliphatic heterocycles. The molecule has 228 valence electrons. The molecule has 4 rings (SSSR count). The Morgan fingerprint density at radius 3 is 0.884 bits per heavy atom. The average Bonchev–Trinajstić information content (AvgIpc) is 2.91. The zero-order valence-corrected chi connectivity index (χ0v) is 30.7. The highest BCUT2D eigenvalue weighted by Crippen LogP contribution is 2.38. The van der Waals surface area contributed by atoms with E-state index in [4.69, 9.17) is 0 Å². The van der Waals surface area contributed by atoms with E-state index in [0.717, 1.165) is 0 Å². The van der Waals surface area contributed by atoms with Gasteiger partial charge in [0, 0.05) is 27.6 Å². The van der Waals surface area contributed by atoms with Crippen LogP contribution < -0.4 is 9.96 Å². The van der Waals surface area contributed by atoms with Crippen molar-refractivity contribution in [3.63, 3.8) is 0 Å². The van der Waals surface area contributed by atoms with Crippen LogP contribution in [0.3, 0.4) is 0 Å². The van der Waals surface area contributed by atoms with Gasteiger partial charge in [-0.05, 0) is 57.6 Å². The van der Waals surface area contributed by atoms with E-state index in [2.05, 4.69) is 188 Å². The number of hydrogen-bond acceptors (Lipinski definition) is 2. The predicted octanol–water partition coefficient (Wildman–Crippen LogP) is 11.2. The SMILES string of the molecule is CC(C)(c1ccc(C(C)(C)c2cccc(N[Si](C)(C)C)c2)cc1)c1ccc(C(C)(C)c2cccc(N[Si](C)(C)C)c2)cc1. The van der Waals surface area contributed by atoms with Gasteiger partial charge in [-0.1, -0.05) is 154 Å². The molecule has 0 atom stereocenters. The van der Waals surface area contributed by atoms with Crippen molar-refractivity contribution in [1.29, 1.82) is 0 Å². The summed E-state index contributed by atoms with van der Waals surface area (Å²) in [5, 5.41) is 0. The molecule has 0 unspecified atom stereocenters. The van der Waals surface area contributed by atoms with Crippen molar-refractivity contribution in [3.8, 4) is 0 Å². The normalized spacial score (nSPS) is 13.1. The molecule has 2 nitrogen and oxygen atoms in total. The summed E-state index contributed by atoms with van der Waals surface area (Å²) in [5.41, 5.74) is 10.2. The summed E-state index contributed by atoms with van der Waals surface area (Å²) >= 11 is 0. The van der Waals surface area contributed by atoms with Crippen LogP contribution in [0.5, 0.6) is 0 Å². The predicted molar refractivity (Wildman–Crippen MR) is 196 cm³/mol. The highest BCUT2D eigenvalue weighted by Gasteiger charge is 2.29. The van der Waals surface area contributed by atoms with Crippen LogP contribution in [0.15, 0.2) is 97.1 Å². The average molecular weight is 607 g/mol. The maximum atomic E-state index is 3.76. The fraction of sp³-hybridized carbons (Fsp3) is 0.385. The number of anilines is 2. The first-order valence-electron chi connectivity index (χ1n) is 15.8. The van der Waals surface area contributed by atoms with E-state index in [1.165, 1.54) is 44.8 Å². The molecular weight excluding hydrogens is 553 g/mol. The van der Waals surface area contributed by atoms with Gasteiger partial charge in [0.1, 0.15) is 16.5 Å². The van der Waals surface area contributed by atoms with Gasteiger partial charge in [-0.25, -0.2) is 0 Å². The van der Waals surface area contributed by atoms with Gasteiger partial charge in [-0.3, -0.25) is 0 Å². The Morgan fingerprint density at radius 2 is 0.628 bits per heavy atom. The van der Waals surface area contributed by atoms with E-state index < -0.39 is 16.5 Å². The summed E-state index contributed by atoms with van der Waals surface area (Å²) in [7, 11) is -2.83. The molecule has 0 heterocycles. The van der Waals surface area contributed by atoms with Gasteiger partial charge in [0.2, 0.25) is 0 Å². The Balaban J connectivity index is 1.56. The van der Waals surface area contributed by atoms with Gasteiger partial charge in [0.05, 0.1) is 0 Å². The highest BCUT2D eigenvalue weighted by molar-refractivity contribution is 6.79. The van der Waals surface area contributed by atoms with Crippen LogP contribution >= 0.6 is 0 Å². The first kappa shape index (κ1) is 32.8. The molecule has 4 aromatic carbocycles.